The molecule has 0 radical (unpaired) electrons. The first-order valence-electron chi connectivity index (χ1n) is 5.81. The molecule has 2 unspecified atom stereocenters. The lowest BCUT2D eigenvalue weighted by Gasteiger charge is -2.36. The fourth-order valence-electron chi connectivity index (χ4n) is 1.78. The van der Waals surface area contributed by atoms with Crippen LogP contribution in [0, 0.1) is 0 Å². The first-order valence-corrected chi connectivity index (χ1v) is 7.25. The van der Waals surface area contributed by atoms with Gasteiger partial charge >= 0.3 is 0 Å². The van der Waals surface area contributed by atoms with E-state index in [1.54, 1.807) is 13.8 Å². The molecule has 0 amide bonds. The van der Waals surface area contributed by atoms with Gasteiger partial charge in [-0.1, -0.05) is 0 Å². The van der Waals surface area contributed by atoms with Crippen LogP contribution in [0.2, 0.25) is 0 Å². The van der Waals surface area contributed by atoms with Gasteiger partial charge in [-0.25, -0.2) is 0 Å². The van der Waals surface area contributed by atoms with Crippen molar-refractivity contribution in [1.29, 1.82) is 0 Å². The minimum absolute atomic E-state index is 0.0867. The normalized spacial score (nSPS) is 28.3. The predicted molar refractivity (Wildman–Crippen MR) is 66.8 cm³/mol. The first-order chi connectivity index (χ1) is 7.66. The molecule has 3 N–H and O–H groups in total. The molecule has 1 fully saturated rings. The van der Waals surface area contributed by atoms with Crippen molar-refractivity contribution < 1.29 is 13.2 Å². The lowest BCUT2D eigenvalue weighted by molar-refractivity contribution is -0.0445. The quantitative estimate of drug-likeness (QED) is 0.729. The third-order valence-electron chi connectivity index (χ3n) is 2.64. The largest absolute Gasteiger partial charge is 0.373 e. The summed E-state index contributed by atoms with van der Waals surface area (Å²) in [4.78, 5) is 0. The van der Waals surface area contributed by atoms with E-state index in [1.807, 2.05) is 13.8 Å². The van der Waals surface area contributed by atoms with Gasteiger partial charge in [-0.3, -0.25) is 0 Å². The van der Waals surface area contributed by atoms with Crippen LogP contribution in [0.3, 0.4) is 0 Å². The topological polar surface area (TPSA) is 84.7 Å². The highest BCUT2D eigenvalue weighted by molar-refractivity contribution is 7.87. The maximum absolute atomic E-state index is 12.2. The van der Waals surface area contributed by atoms with Gasteiger partial charge in [0.2, 0.25) is 0 Å². The number of nitrogens with two attached hydrogens (primary N) is 1. The van der Waals surface area contributed by atoms with Gasteiger partial charge in [0, 0.05) is 25.2 Å². The zero-order valence-corrected chi connectivity index (χ0v) is 11.8. The van der Waals surface area contributed by atoms with E-state index in [0.29, 0.717) is 13.1 Å². The molecule has 0 aliphatic carbocycles. The van der Waals surface area contributed by atoms with E-state index in [-0.39, 0.29) is 18.8 Å². The molecule has 0 aromatic heterocycles. The van der Waals surface area contributed by atoms with E-state index >= 15 is 0 Å². The Bertz CT molecular complexity index is 346. The van der Waals surface area contributed by atoms with E-state index in [4.69, 9.17) is 10.5 Å². The number of hydrogen-bond donors (Lipinski definition) is 2. The Hall–Kier alpha value is -0.210. The summed E-state index contributed by atoms with van der Waals surface area (Å²) in [5, 5.41) is 0. The summed E-state index contributed by atoms with van der Waals surface area (Å²) in [6.45, 7) is 8.26. The molecular formula is C10H23N3O3S. The Morgan fingerprint density at radius 1 is 1.35 bits per heavy atom. The second kappa shape index (κ2) is 5.19. The molecule has 102 valence electrons. The zero-order chi connectivity index (χ0) is 13.3. The highest BCUT2D eigenvalue weighted by Crippen LogP contribution is 2.15. The lowest BCUT2D eigenvalue weighted by Crippen LogP contribution is -2.57. The molecule has 0 bridgehead atoms. The molecule has 6 nitrogen and oxygen atoms in total. The van der Waals surface area contributed by atoms with Gasteiger partial charge < -0.3 is 10.5 Å². The summed E-state index contributed by atoms with van der Waals surface area (Å²) in [7, 11) is -3.50. The molecule has 17 heavy (non-hydrogen) atoms. The highest BCUT2D eigenvalue weighted by Gasteiger charge is 2.34. The molecule has 1 saturated heterocycles. The number of nitrogens with zero attached hydrogens (tertiary/aromatic N) is 1. The summed E-state index contributed by atoms with van der Waals surface area (Å²) in [5.74, 6) is 0. The van der Waals surface area contributed by atoms with Crippen LogP contribution in [0.25, 0.3) is 0 Å². The monoisotopic (exact) mass is 265 g/mol. The van der Waals surface area contributed by atoms with Gasteiger partial charge in [0.05, 0.1) is 12.2 Å². The average Bonchev–Trinajstić information content (AvgIpc) is 2.14. The number of morpholine rings is 1. The molecule has 1 heterocycles. The first kappa shape index (κ1) is 14.8. The molecule has 7 heteroatoms. The van der Waals surface area contributed by atoms with Crippen LogP contribution >= 0.6 is 0 Å². The summed E-state index contributed by atoms with van der Waals surface area (Å²) >= 11 is 0. The van der Waals surface area contributed by atoms with Crippen molar-refractivity contribution in [3.63, 3.8) is 0 Å². The van der Waals surface area contributed by atoms with Crippen molar-refractivity contribution in [3.05, 3.63) is 0 Å². The standard InChI is InChI=1S/C10H23N3O3S/c1-8-5-13(6-9(2)16-8)17(14,15)12-10(3,4)7-11/h8-9,12H,5-7,11H2,1-4H3. The predicted octanol–water partition coefficient (Wildman–Crippen LogP) is -0.333. The van der Waals surface area contributed by atoms with Crippen molar-refractivity contribution in [2.45, 2.75) is 45.4 Å². The number of ether oxygens (including phenoxy) is 1. The van der Waals surface area contributed by atoms with E-state index in [0.717, 1.165) is 0 Å². The van der Waals surface area contributed by atoms with Crippen molar-refractivity contribution in [1.82, 2.24) is 9.03 Å². The molecule has 0 aromatic rings. The Morgan fingerprint density at radius 3 is 2.24 bits per heavy atom. The Labute approximate surface area is 104 Å². The summed E-state index contributed by atoms with van der Waals surface area (Å²) in [5.41, 5.74) is 4.89. The molecule has 1 rings (SSSR count). The maximum atomic E-state index is 12.2. The van der Waals surface area contributed by atoms with Crippen LogP contribution in [0.5, 0.6) is 0 Å². The molecule has 0 spiro atoms. The van der Waals surface area contributed by atoms with Crippen molar-refractivity contribution in [3.8, 4) is 0 Å². The molecule has 2 atom stereocenters. The Morgan fingerprint density at radius 2 is 1.82 bits per heavy atom. The third-order valence-corrected chi connectivity index (χ3v) is 4.43. The van der Waals surface area contributed by atoms with Crippen LogP contribution in [0.15, 0.2) is 0 Å². The van der Waals surface area contributed by atoms with Gasteiger partial charge in [0.15, 0.2) is 0 Å². The zero-order valence-electron chi connectivity index (χ0n) is 10.9. The fraction of sp³-hybridized carbons (Fsp3) is 1.00. The number of nitrogens with one attached hydrogen (secondary N) is 1. The van der Waals surface area contributed by atoms with Crippen LogP contribution in [0.4, 0.5) is 0 Å². The van der Waals surface area contributed by atoms with E-state index in [9.17, 15) is 8.42 Å². The third kappa shape index (κ3) is 4.18. The van der Waals surface area contributed by atoms with Gasteiger partial charge in [-0.2, -0.15) is 17.4 Å². The van der Waals surface area contributed by atoms with E-state index < -0.39 is 15.7 Å². The summed E-state index contributed by atoms with van der Waals surface area (Å²) < 4.78 is 33.8. The minimum atomic E-state index is -3.50. The fourth-order valence-corrected chi connectivity index (χ4v) is 3.51. The highest BCUT2D eigenvalue weighted by atomic mass is 32.2. The average molecular weight is 265 g/mol. The molecule has 0 aromatic carbocycles. The molecule has 1 aliphatic rings. The number of hydrogen-bond acceptors (Lipinski definition) is 4. The van der Waals surface area contributed by atoms with Crippen molar-refractivity contribution in [2.24, 2.45) is 5.73 Å². The second-order valence-electron chi connectivity index (χ2n) is 5.27. The Kier molecular flexibility index (Phi) is 4.54. The van der Waals surface area contributed by atoms with E-state index in [1.165, 1.54) is 4.31 Å². The van der Waals surface area contributed by atoms with Crippen LogP contribution < -0.4 is 10.5 Å². The molecule has 0 saturated carbocycles. The number of rotatable bonds is 4. The molecular weight excluding hydrogens is 242 g/mol. The molecule has 1 aliphatic heterocycles. The summed E-state index contributed by atoms with van der Waals surface area (Å²) in [6.07, 6.45) is -0.173. The van der Waals surface area contributed by atoms with Crippen LogP contribution in [-0.2, 0) is 14.9 Å². The van der Waals surface area contributed by atoms with Crippen LogP contribution in [0.1, 0.15) is 27.7 Å². The lowest BCUT2D eigenvalue weighted by atomic mass is 10.1. The minimum Gasteiger partial charge on any atom is -0.373 e. The van der Waals surface area contributed by atoms with E-state index in [2.05, 4.69) is 4.72 Å². The van der Waals surface area contributed by atoms with Crippen LogP contribution in [-0.4, -0.2) is 50.1 Å². The smallest absolute Gasteiger partial charge is 0.280 e. The van der Waals surface area contributed by atoms with Gasteiger partial charge in [-0.15, -0.1) is 0 Å². The Balaban J connectivity index is 2.76. The SMILES string of the molecule is CC1CN(S(=O)(=O)NC(C)(C)CN)CC(C)O1. The summed E-state index contributed by atoms with van der Waals surface area (Å²) in [6, 6.07) is 0. The van der Waals surface area contributed by atoms with Crippen molar-refractivity contribution in [2.75, 3.05) is 19.6 Å². The van der Waals surface area contributed by atoms with Gasteiger partial charge in [-0.05, 0) is 27.7 Å². The van der Waals surface area contributed by atoms with Gasteiger partial charge in [0.1, 0.15) is 0 Å². The maximum Gasteiger partial charge on any atom is 0.280 e. The van der Waals surface area contributed by atoms with Crippen molar-refractivity contribution >= 4 is 10.2 Å². The second-order valence-corrected chi connectivity index (χ2v) is 6.94. The van der Waals surface area contributed by atoms with Gasteiger partial charge in [0.25, 0.3) is 10.2 Å².